The Morgan fingerprint density at radius 1 is 1.29 bits per heavy atom. The zero-order valence-corrected chi connectivity index (χ0v) is 6.94. The van der Waals surface area contributed by atoms with Crippen molar-refractivity contribution in [2.45, 2.75) is 12.3 Å². The highest BCUT2D eigenvalue weighted by Crippen LogP contribution is 2.41. The fourth-order valence-electron chi connectivity index (χ4n) is 1.33. The van der Waals surface area contributed by atoms with Crippen LogP contribution in [-0.2, 0) is 10.9 Å². The first-order valence-electron chi connectivity index (χ1n) is 3.97. The van der Waals surface area contributed by atoms with Gasteiger partial charge in [-0.05, 0) is 12.1 Å². The lowest BCUT2D eigenvalue weighted by Gasteiger charge is -2.11. The smallest absolute Gasteiger partial charge is 0.368 e. The van der Waals surface area contributed by atoms with Crippen molar-refractivity contribution >= 4 is 0 Å². The minimum atomic E-state index is -4.52. The van der Waals surface area contributed by atoms with Crippen LogP contribution in [0.5, 0.6) is 0 Å². The number of benzene rings is 1. The summed E-state index contributed by atoms with van der Waals surface area (Å²) in [5.74, 6) is -0.859. The summed E-state index contributed by atoms with van der Waals surface area (Å²) in [6, 6.07) is 2.91. The Labute approximate surface area is 77.3 Å². The van der Waals surface area contributed by atoms with Gasteiger partial charge in [0, 0.05) is 5.56 Å². The number of epoxide rings is 1. The Balaban J connectivity index is 2.53. The van der Waals surface area contributed by atoms with Gasteiger partial charge in [0.15, 0.2) is 0 Å². The van der Waals surface area contributed by atoms with Crippen LogP contribution >= 0.6 is 0 Å². The second-order valence-electron chi connectivity index (χ2n) is 3.02. The van der Waals surface area contributed by atoms with Gasteiger partial charge in [-0.15, -0.1) is 0 Å². The van der Waals surface area contributed by atoms with E-state index >= 15 is 0 Å². The minimum absolute atomic E-state index is 0.157. The van der Waals surface area contributed by atoms with Crippen molar-refractivity contribution in [1.82, 2.24) is 0 Å². The van der Waals surface area contributed by atoms with Crippen LogP contribution in [0.2, 0.25) is 0 Å². The van der Waals surface area contributed by atoms with Crippen LogP contribution < -0.4 is 0 Å². The van der Waals surface area contributed by atoms with E-state index in [-0.39, 0.29) is 12.2 Å². The summed E-state index contributed by atoms with van der Waals surface area (Å²) in [7, 11) is 0. The van der Waals surface area contributed by atoms with E-state index in [9.17, 15) is 17.6 Å². The van der Waals surface area contributed by atoms with Gasteiger partial charge in [0.1, 0.15) is 11.9 Å². The summed E-state index contributed by atoms with van der Waals surface area (Å²) in [6.45, 7) is 0.157. The molecule has 1 atom stereocenters. The monoisotopic (exact) mass is 206 g/mol. The van der Waals surface area contributed by atoms with Gasteiger partial charge in [0.25, 0.3) is 0 Å². The third kappa shape index (κ3) is 1.59. The lowest BCUT2D eigenvalue weighted by atomic mass is 10.0. The number of rotatable bonds is 1. The molecule has 0 aliphatic carbocycles. The van der Waals surface area contributed by atoms with E-state index in [1.165, 1.54) is 0 Å². The largest absolute Gasteiger partial charge is 0.416 e. The van der Waals surface area contributed by atoms with Crippen molar-refractivity contribution in [3.63, 3.8) is 0 Å². The predicted octanol–water partition coefficient (Wildman–Crippen LogP) is 2.92. The number of alkyl halides is 3. The second-order valence-corrected chi connectivity index (χ2v) is 3.02. The molecular weight excluding hydrogens is 200 g/mol. The molecular formula is C9H6F4O. The molecule has 1 saturated heterocycles. The lowest BCUT2D eigenvalue weighted by Crippen LogP contribution is -2.10. The molecule has 0 N–H and O–H groups in total. The first kappa shape index (κ1) is 9.45. The van der Waals surface area contributed by atoms with Gasteiger partial charge in [-0.25, -0.2) is 4.39 Å². The third-order valence-corrected chi connectivity index (χ3v) is 2.01. The Morgan fingerprint density at radius 2 is 1.93 bits per heavy atom. The van der Waals surface area contributed by atoms with Crippen molar-refractivity contribution in [3.05, 3.63) is 35.1 Å². The number of hydrogen-bond donors (Lipinski definition) is 0. The van der Waals surface area contributed by atoms with Crippen molar-refractivity contribution in [1.29, 1.82) is 0 Å². The van der Waals surface area contributed by atoms with Gasteiger partial charge in [-0.3, -0.25) is 0 Å². The molecule has 1 nitrogen and oxygen atoms in total. The first-order valence-corrected chi connectivity index (χ1v) is 3.97. The quantitative estimate of drug-likeness (QED) is 0.508. The van der Waals surface area contributed by atoms with Crippen LogP contribution in [0.25, 0.3) is 0 Å². The van der Waals surface area contributed by atoms with E-state index in [0.717, 1.165) is 18.2 Å². The van der Waals surface area contributed by atoms with Gasteiger partial charge < -0.3 is 4.74 Å². The highest BCUT2D eigenvalue weighted by Gasteiger charge is 2.40. The normalized spacial score (nSPS) is 21.0. The molecule has 0 radical (unpaired) electrons. The van der Waals surface area contributed by atoms with E-state index < -0.39 is 23.7 Å². The molecule has 1 aromatic carbocycles. The molecule has 0 spiro atoms. The summed E-state index contributed by atoms with van der Waals surface area (Å²) in [5.41, 5.74) is -1.32. The van der Waals surface area contributed by atoms with Crippen LogP contribution in [0.1, 0.15) is 17.2 Å². The molecule has 0 unspecified atom stereocenters. The number of halogens is 4. The Bertz CT molecular complexity index is 354. The fourth-order valence-corrected chi connectivity index (χ4v) is 1.33. The topological polar surface area (TPSA) is 12.5 Å². The lowest BCUT2D eigenvalue weighted by molar-refractivity contribution is -0.138. The minimum Gasteiger partial charge on any atom is -0.368 e. The molecule has 1 aromatic rings. The zero-order chi connectivity index (χ0) is 10.3. The van der Waals surface area contributed by atoms with Crippen molar-refractivity contribution in [2.24, 2.45) is 0 Å². The van der Waals surface area contributed by atoms with Crippen LogP contribution in [0, 0.1) is 5.82 Å². The molecule has 0 saturated carbocycles. The summed E-state index contributed by atoms with van der Waals surface area (Å²) in [6.07, 6.45) is -5.25. The SMILES string of the molecule is Fc1cccc(C(F)(F)F)c1[C@H]1CO1. The molecule has 2 rings (SSSR count). The third-order valence-electron chi connectivity index (χ3n) is 2.01. The van der Waals surface area contributed by atoms with E-state index in [1.54, 1.807) is 0 Å². The Morgan fingerprint density at radius 3 is 2.43 bits per heavy atom. The summed E-state index contributed by atoms with van der Waals surface area (Å²) < 4.78 is 54.9. The van der Waals surface area contributed by atoms with Gasteiger partial charge in [-0.1, -0.05) is 6.07 Å². The van der Waals surface area contributed by atoms with Crippen LogP contribution in [0.3, 0.4) is 0 Å². The average molecular weight is 206 g/mol. The number of ether oxygens (including phenoxy) is 1. The summed E-state index contributed by atoms with van der Waals surface area (Å²) in [5, 5.41) is 0. The maximum Gasteiger partial charge on any atom is 0.416 e. The molecule has 76 valence electrons. The second kappa shape index (κ2) is 2.95. The van der Waals surface area contributed by atoms with Crippen molar-refractivity contribution < 1.29 is 22.3 Å². The number of hydrogen-bond acceptors (Lipinski definition) is 1. The highest BCUT2D eigenvalue weighted by atomic mass is 19.4. The van der Waals surface area contributed by atoms with E-state index in [1.807, 2.05) is 0 Å². The van der Waals surface area contributed by atoms with Gasteiger partial charge >= 0.3 is 6.18 Å². The Kier molecular flexibility index (Phi) is 1.99. The van der Waals surface area contributed by atoms with E-state index in [0.29, 0.717) is 0 Å². The van der Waals surface area contributed by atoms with Crippen molar-refractivity contribution in [3.8, 4) is 0 Å². The predicted molar refractivity (Wildman–Crippen MR) is 40.1 cm³/mol. The summed E-state index contributed by atoms with van der Waals surface area (Å²) in [4.78, 5) is 0. The van der Waals surface area contributed by atoms with Crippen molar-refractivity contribution in [2.75, 3.05) is 6.61 Å². The van der Waals surface area contributed by atoms with Crippen LogP contribution in [0.15, 0.2) is 18.2 Å². The zero-order valence-electron chi connectivity index (χ0n) is 6.94. The van der Waals surface area contributed by atoms with E-state index in [4.69, 9.17) is 0 Å². The van der Waals surface area contributed by atoms with Gasteiger partial charge in [0.05, 0.1) is 12.2 Å². The molecule has 5 heteroatoms. The molecule has 0 aromatic heterocycles. The molecule has 0 bridgehead atoms. The molecule has 1 heterocycles. The van der Waals surface area contributed by atoms with Gasteiger partial charge in [-0.2, -0.15) is 13.2 Å². The average Bonchev–Trinajstić information content (AvgIpc) is 2.85. The maximum absolute atomic E-state index is 13.1. The molecule has 1 aliphatic heterocycles. The van der Waals surface area contributed by atoms with Crippen LogP contribution in [0.4, 0.5) is 17.6 Å². The standard InChI is InChI=1S/C9H6F4O/c10-6-3-1-2-5(9(11,12)13)8(6)7-4-14-7/h1-3,7H,4H2/t7-/m1/s1. The maximum atomic E-state index is 13.1. The van der Waals surface area contributed by atoms with Gasteiger partial charge in [0.2, 0.25) is 0 Å². The van der Waals surface area contributed by atoms with E-state index in [2.05, 4.69) is 4.74 Å². The highest BCUT2D eigenvalue weighted by molar-refractivity contribution is 5.34. The fraction of sp³-hybridized carbons (Fsp3) is 0.333. The molecule has 1 aliphatic rings. The van der Waals surface area contributed by atoms with Crippen LogP contribution in [-0.4, -0.2) is 6.61 Å². The first-order chi connectivity index (χ1) is 6.50. The molecule has 0 amide bonds. The Hall–Kier alpha value is -1.10. The molecule has 1 fully saturated rings. The summed E-state index contributed by atoms with van der Waals surface area (Å²) >= 11 is 0. The molecule has 14 heavy (non-hydrogen) atoms.